The number of nitrogens with one attached hydrogen (secondary N) is 1. The topological polar surface area (TPSA) is 38.3 Å². The fourth-order valence-electron chi connectivity index (χ4n) is 1.97. The van der Waals surface area contributed by atoms with E-state index >= 15 is 0 Å². The smallest absolute Gasteiger partial charge is 0.337 e. The second kappa shape index (κ2) is 5.45. The minimum Gasteiger partial charge on any atom is -0.465 e. The second-order valence-corrected chi connectivity index (χ2v) is 5.76. The maximum absolute atomic E-state index is 11.3. The summed E-state index contributed by atoms with van der Waals surface area (Å²) in [6, 6.07) is 7.98. The molecule has 1 saturated heterocycles. The minimum absolute atomic E-state index is 0.290. The van der Waals surface area contributed by atoms with E-state index in [9.17, 15) is 4.79 Å². The van der Waals surface area contributed by atoms with E-state index in [0.29, 0.717) is 11.6 Å². The zero-order valence-electron chi connectivity index (χ0n) is 10.1. The van der Waals surface area contributed by atoms with Crippen molar-refractivity contribution in [3.8, 4) is 0 Å². The number of carbonyl (C=O) groups excluding carboxylic acids is 1. The summed E-state index contributed by atoms with van der Waals surface area (Å²) in [5.74, 6) is 0.863. The highest BCUT2D eigenvalue weighted by molar-refractivity contribution is 8.00. The highest BCUT2D eigenvalue weighted by Gasteiger charge is 2.21. The van der Waals surface area contributed by atoms with Gasteiger partial charge in [-0.1, -0.05) is 6.92 Å². The zero-order valence-corrected chi connectivity index (χ0v) is 10.9. The Hall–Kier alpha value is -1.16. The molecule has 0 bridgehead atoms. The molecule has 4 heteroatoms. The lowest BCUT2D eigenvalue weighted by Crippen LogP contribution is -2.18. The molecule has 1 aliphatic heterocycles. The van der Waals surface area contributed by atoms with E-state index < -0.39 is 0 Å². The van der Waals surface area contributed by atoms with Crippen LogP contribution in [0.5, 0.6) is 0 Å². The third kappa shape index (κ3) is 3.16. The van der Waals surface area contributed by atoms with E-state index in [1.54, 1.807) is 12.1 Å². The Morgan fingerprint density at radius 2 is 2.12 bits per heavy atom. The summed E-state index contributed by atoms with van der Waals surface area (Å²) in [6.07, 6.45) is 1.20. The summed E-state index contributed by atoms with van der Waals surface area (Å²) < 4.78 is 4.66. The number of benzene rings is 1. The number of carbonyl (C=O) groups is 1. The summed E-state index contributed by atoms with van der Waals surface area (Å²) in [4.78, 5) is 11.3. The maximum Gasteiger partial charge on any atom is 0.337 e. The van der Waals surface area contributed by atoms with Crippen LogP contribution in [-0.4, -0.2) is 30.1 Å². The van der Waals surface area contributed by atoms with E-state index in [1.165, 1.54) is 13.5 Å². The van der Waals surface area contributed by atoms with Gasteiger partial charge < -0.3 is 10.1 Å². The molecule has 0 spiro atoms. The Labute approximate surface area is 106 Å². The van der Waals surface area contributed by atoms with E-state index in [0.717, 1.165) is 16.7 Å². The van der Waals surface area contributed by atoms with Crippen LogP contribution in [0, 0.1) is 0 Å². The number of hydrogen-bond acceptors (Lipinski definition) is 4. The Bertz CT molecular complexity index is 391. The van der Waals surface area contributed by atoms with Crippen LogP contribution in [0.15, 0.2) is 24.3 Å². The first kappa shape index (κ1) is 12.3. The van der Waals surface area contributed by atoms with Crippen molar-refractivity contribution in [2.45, 2.75) is 24.6 Å². The van der Waals surface area contributed by atoms with Gasteiger partial charge in [-0.3, -0.25) is 0 Å². The molecule has 2 unspecified atom stereocenters. The molecule has 17 heavy (non-hydrogen) atoms. The molecule has 3 nitrogen and oxygen atoms in total. The Balaban J connectivity index is 1.96. The molecule has 1 aromatic rings. The summed E-state index contributed by atoms with van der Waals surface area (Å²) in [7, 11) is 1.39. The van der Waals surface area contributed by atoms with Gasteiger partial charge in [-0.2, -0.15) is 11.8 Å². The predicted molar refractivity (Wildman–Crippen MR) is 71.7 cm³/mol. The fourth-order valence-corrected chi connectivity index (χ4v) is 3.12. The second-order valence-electron chi connectivity index (χ2n) is 4.29. The summed E-state index contributed by atoms with van der Waals surface area (Å²) in [5, 5.41) is 4.22. The number of methoxy groups -OCH3 is 1. The van der Waals surface area contributed by atoms with Crippen LogP contribution in [0.4, 0.5) is 5.69 Å². The molecule has 92 valence electrons. The maximum atomic E-state index is 11.3. The van der Waals surface area contributed by atoms with Gasteiger partial charge in [-0.25, -0.2) is 4.79 Å². The highest BCUT2D eigenvalue weighted by atomic mass is 32.2. The molecule has 0 radical (unpaired) electrons. The van der Waals surface area contributed by atoms with E-state index in [-0.39, 0.29) is 5.97 Å². The number of anilines is 1. The molecule has 1 heterocycles. The Morgan fingerprint density at radius 1 is 1.41 bits per heavy atom. The minimum atomic E-state index is -0.290. The van der Waals surface area contributed by atoms with Gasteiger partial charge in [0, 0.05) is 22.7 Å². The van der Waals surface area contributed by atoms with Gasteiger partial charge in [0.05, 0.1) is 12.7 Å². The predicted octanol–water partition coefficient (Wildman–Crippen LogP) is 2.78. The largest absolute Gasteiger partial charge is 0.465 e. The van der Waals surface area contributed by atoms with Crippen LogP contribution in [0.25, 0.3) is 0 Å². The Morgan fingerprint density at radius 3 is 2.65 bits per heavy atom. The quantitative estimate of drug-likeness (QED) is 0.838. The van der Waals surface area contributed by atoms with Crippen LogP contribution in [-0.2, 0) is 4.74 Å². The van der Waals surface area contributed by atoms with E-state index in [2.05, 4.69) is 17.0 Å². The SMILES string of the molecule is COC(=O)c1ccc(NC2CSC(C)C2)cc1. The molecular weight excluding hydrogens is 234 g/mol. The van der Waals surface area contributed by atoms with Crippen molar-refractivity contribution in [3.63, 3.8) is 0 Å². The molecule has 1 N–H and O–H groups in total. The van der Waals surface area contributed by atoms with Gasteiger partial charge in [-0.15, -0.1) is 0 Å². The van der Waals surface area contributed by atoms with Crippen LogP contribution in [0.3, 0.4) is 0 Å². The number of esters is 1. The third-order valence-electron chi connectivity index (χ3n) is 2.88. The molecule has 1 aromatic carbocycles. The first-order valence-electron chi connectivity index (χ1n) is 5.75. The molecule has 0 aromatic heterocycles. The monoisotopic (exact) mass is 251 g/mol. The van der Waals surface area contributed by atoms with Gasteiger partial charge >= 0.3 is 5.97 Å². The number of rotatable bonds is 3. The van der Waals surface area contributed by atoms with E-state index in [1.807, 2.05) is 23.9 Å². The lowest BCUT2D eigenvalue weighted by Gasteiger charge is -2.13. The highest BCUT2D eigenvalue weighted by Crippen LogP contribution is 2.28. The van der Waals surface area contributed by atoms with Crippen molar-refractivity contribution in [3.05, 3.63) is 29.8 Å². The normalized spacial score (nSPS) is 23.4. The van der Waals surface area contributed by atoms with Crippen LogP contribution in [0.2, 0.25) is 0 Å². The first-order valence-corrected chi connectivity index (χ1v) is 6.80. The fraction of sp³-hybridized carbons (Fsp3) is 0.462. The molecule has 0 aliphatic carbocycles. The molecule has 0 saturated carbocycles. The standard InChI is InChI=1S/C13H17NO2S/c1-9-7-12(8-17-9)14-11-5-3-10(4-6-11)13(15)16-2/h3-6,9,12,14H,7-8H2,1-2H3. The van der Waals surface area contributed by atoms with Crippen molar-refractivity contribution in [1.29, 1.82) is 0 Å². The zero-order chi connectivity index (χ0) is 12.3. The first-order chi connectivity index (χ1) is 8.19. The summed E-state index contributed by atoms with van der Waals surface area (Å²) in [6.45, 7) is 2.26. The number of thioether (sulfide) groups is 1. The van der Waals surface area contributed by atoms with Crippen LogP contribution < -0.4 is 5.32 Å². The van der Waals surface area contributed by atoms with Gasteiger partial charge in [0.2, 0.25) is 0 Å². The van der Waals surface area contributed by atoms with E-state index in [4.69, 9.17) is 0 Å². The van der Waals surface area contributed by atoms with Gasteiger partial charge in [0.1, 0.15) is 0 Å². The van der Waals surface area contributed by atoms with Crippen molar-refractivity contribution in [1.82, 2.24) is 0 Å². The van der Waals surface area contributed by atoms with Crippen molar-refractivity contribution in [2.75, 3.05) is 18.2 Å². The molecule has 1 fully saturated rings. The summed E-state index contributed by atoms with van der Waals surface area (Å²) >= 11 is 2.00. The van der Waals surface area contributed by atoms with Crippen LogP contribution >= 0.6 is 11.8 Å². The molecule has 0 amide bonds. The lowest BCUT2D eigenvalue weighted by atomic mass is 10.1. The number of ether oxygens (including phenoxy) is 1. The van der Waals surface area contributed by atoms with Gasteiger partial charge in [-0.05, 0) is 30.7 Å². The molecular formula is C13H17NO2S. The number of hydrogen-bond donors (Lipinski definition) is 1. The van der Waals surface area contributed by atoms with Gasteiger partial charge in [0.25, 0.3) is 0 Å². The molecule has 2 atom stereocenters. The van der Waals surface area contributed by atoms with Crippen molar-refractivity contribution in [2.24, 2.45) is 0 Å². The average Bonchev–Trinajstić information content (AvgIpc) is 2.75. The molecule has 2 rings (SSSR count). The lowest BCUT2D eigenvalue weighted by molar-refractivity contribution is 0.0601. The van der Waals surface area contributed by atoms with Crippen molar-refractivity contribution >= 4 is 23.4 Å². The molecule has 1 aliphatic rings. The van der Waals surface area contributed by atoms with Crippen LogP contribution in [0.1, 0.15) is 23.7 Å². The average molecular weight is 251 g/mol. The third-order valence-corrected chi connectivity index (χ3v) is 4.23. The van der Waals surface area contributed by atoms with Crippen molar-refractivity contribution < 1.29 is 9.53 Å². The Kier molecular flexibility index (Phi) is 3.94. The van der Waals surface area contributed by atoms with Gasteiger partial charge in [0.15, 0.2) is 0 Å². The summed E-state index contributed by atoms with van der Waals surface area (Å²) in [5.41, 5.74) is 1.66.